The van der Waals surface area contributed by atoms with Crippen molar-refractivity contribution >= 4 is 29.1 Å². The molecule has 7 heteroatoms. The van der Waals surface area contributed by atoms with Gasteiger partial charge in [0.2, 0.25) is 5.91 Å². The topological polar surface area (TPSA) is 64.0 Å². The van der Waals surface area contributed by atoms with E-state index in [2.05, 4.69) is 10.3 Å². The molecule has 0 aromatic carbocycles. The first-order chi connectivity index (χ1) is 9.58. The van der Waals surface area contributed by atoms with Gasteiger partial charge in [0.05, 0.1) is 6.33 Å². The van der Waals surface area contributed by atoms with Crippen molar-refractivity contribution in [2.75, 3.05) is 0 Å². The number of carbonyl (C=O) groups is 1. The molecule has 1 heterocycles. The van der Waals surface area contributed by atoms with Crippen LogP contribution in [0.2, 0.25) is 10.2 Å². The smallest absolute Gasteiger partial charge is 0.274 e. The molecule has 0 aliphatic heterocycles. The average Bonchev–Trinajstić information content (AvgIpc) is 2.68. The fraction of sp³-hybridized carbons (Fsp3) is 0.615. The molecule has 0 radical (unpaired) electrons. The van der Waals surface area contributed by atoms with Crippen LogP contribution in [0.5, 0.6) is 0 Å². The molecule has 110 valence electrons. The number of hydrogen-bond acceptors (Lipinski definition) is 3. The van der Waals surface area contributed by atoms with Crippen LogP contribution in [0.1, 0.15) is 38.5 Å². The van der Waals surface area contributed by atoms with Gasteiger partial charge in [0.15, 0.2) is 5.15 Å². The van der Waals surface area contributed by atoms with E-state index in [1.807, 2.05) is 0 Å². The number of nitrogens with zero attached hydrogens (tertiary/aromatic N) is 2. The van der Waals surface area contributed by atoms with Crippen LogP contribution in [-0.2, 0) is 11.3 Å². The van der Waals surface area contributed by atoms with Crippen LogP contribution in [0.3, 0.4) is 0 Å². The predicted octanol–water partition coefficient (Wildman–Crippen LogP) is 2.39. The molecule has 0 unspecified atom stereocenters. The molecule has 1 amide bonds. The summed E-state index contributed by atoms with van der Waals surface area (Å²) in [7, 11) is 0. The van der Waals surface area contributed by atoms with Crippen molar-refractivity contribution in [1.82, 2.24) is 14.9 Å². The number of aromatic nitrogens is 2. The Bertz CT molecular complexity index is 537. The molecule has 1 aliphatic rings. The van der Waals surface area contributed by atoms with Gasteiger partial charge in [-0.15, -0.1) is 0 Å². The van der Waals surface area contributed by atoms with Crippen molar-refractivity contribution in [3.8, 4) is 0 Å². The molecule has 0 spiro atoms. The molecule has 1 aromatic rings. The Labute approximate surface area is 127 Å². The molecule has 0 atom stereocenters. The molecule has 20 heavy (non-hydrogen) atoms. The van der Waals surface area contributed by atoms with E-state index < -0.39 is 5.56 Å². The van der Waals surface area contributed by atoms with Crippen molar-refractivity contribution in [1.29, 1.82) is 0 Å². The van der Waals surface area contributed by atoms with Crippen LogP contribution in [0.25, 0.3) is 0 Å². The summed E-state index contributed by atoms with van der Waals surface area (Å²) in [5.41, 5.74) is -0.498. The zero-order valence-electron chi connectivity index (χ0n) is 11.1. The molecule has 2 rings (SSSR count). The standard InChI is InChI=1S/C13H17Cl2N3O2/c14-11-12(15)16-8-18(13(11)20)7-10(19)17-9-5-3-1-2-4-6-9/h8-9H,1-7H2,(H,17,19). The van der Waals surface area contributed by atoms with E-state index in [1.54, 1.807) is 0 Å². The molecule has 1 N–H and O–H groups in total. The van der Waals surface area contributed by atoms with Gasteiger partial charge in [0, 0.05) is 6.04 Å². The fourth-order valence-electron chi connectivity index (χ4n) is 2.41. The van der Waals surface area contributed by atoms with E-state index in [4.69, 9.17) is 23.2 Å². The van der Waals surface area contributed by atoms with Crippen molar-refractivity contribution < 1.29 is 4.79 Å². The number of halogens is 2. The van der Waals surface area contributed by atoms with Crippen LogP contribution >= 0.6 is 23.2 Å². The van der Waals surface area contributed by atoms with E-state index >= 15 is 0 Å². The summed E-state index contributed by atoms with van der Waals surface area (Å²) < 4.78 is 1.17. The van der Waals surface area contributed by atoms with Gasteiger partial charge in [-0.3, -0.25) is 14.2 Å². The summed E-state index contributed by atoms with van der Waals surface area (Å²) in [5.74, 6) is -0.195. The average molecular weight is 318 g/mol. The highest BCUT2D eigenvalue weighted by Gasteiger charge is 2.16. The summed E-state index contributed by atoms with van der Waals surface area (Å²) in [5, 5.41) is 2.77. The monoisotopic (exact) mass is 317 g/mol. The quantitative estimate of drug-likeness (QED) is 0.687. The van der Waals surface area contributed by atoms with Crippen LogP contribution in [0.15, 0.2) is 11.1 Å². The minimum absolute atomic E-state index is 0.0444. The van der Waals surface area contributed by atoms with Gasteiger partial charge >= 0.3 is 0 Å². The second-order valence-electron chi connectivity index (χ2n) is 5.04. The van der Waals surface area contributed by atoms with E-state index in [0.717, 1.165) is 25.7 Å². The summed E-state index contributed by atoms with van der Waals surface area (Å²) in [6, 6.07) is 0.205. The van der Waals surface area contributed by atoms with Gasteiger partial charge in [-0.1, -0.05) is 48.9 Å². The van der Waals surface area contributed by atoms with Crippen LogP contribution < -0.4 is 10.9 Å². The minimum Gasteiger partial charge on any atom is -0.352 e. The maximum atomic E-state index is 12.0. The number of amides is 1. The van der Waals surface area contributed by atoms with E-state index in [0.29, 0.717) is 0 Å². The van der Waals surface area contributed by atoms with Gasteiger partial charge in [0.1, 0.15) is 11.6 Å². The third kappa shape index (κ3) is 3.96. The second kappa shape index (κ2) is 7.09. The van der Waals surface area contributed by atoms with Crippen molar-refractivity contribution in [3.63, 3.8) is 0 Å². The predicted molar refractivity (Wildman–Crippen MR) is 78.1 cm³/mol. The fourth-order valence-corrected chi connectivity index (χ4v) is 2.69. The van der Waals surface area contributed by atoms with Crippen LogP contribution in [0, 0.1) is 0 Å². The Morgan fingerprint density at radius 1 is 1.30 bits per heavy atom. The van der Waals surface area contributed by atoms with E-state index in [1.165, 1.54) is 23.7 Å². The zero-order valence-corrected chi connectivity index (χ0v) is 12.6. The minimum atomic E-state index is -0.498. The first-order valence-electron chi connectivity index (χ1n) is 6.77. The summed E-state index contributed by atoms with van der Waals surface area (Å²) >= 11 is 11.4. The Balaban J connectivity index is 1.97. The highest BCUT2D eigenvalue weighted by Crippen LogP contribution is 2.17. The maximum absolute atomic E-state index is 12.0. The molecule has 0 bridgehead atoms. The molecule has 0 saturated heterocycles. The van der Waals surface area contributed by atoms with E-state index in [-0.39, 0.29) is 28.7 Å². The Morgan fingerprint density at radius 3 is 2.60 bits per heavy atom. The normalized spacial score (nSPS) is 16.7. The highest BCUT2D eigenvalue weighted by atomic mass is 35.5. The number of rotatable bonds is 3. The number of hydrogen-bond donors (Lipinski definition) is 1. The molecular formula is C13H17Cl2N3O2. The lowest BCUT2D eigenvalue weighted by molar-refractivity contribution is -0.122. The van der Waals surface area contributed by atoms with Crippen molar-refractivity contribution in [3.05, 3.63) is 26.9 Å². The van der Waals surface area contributed by atoms with E-state index in [9.17, 15) is 9.59 Å². The Hall–Kier alpha value is -1.07. The van der Waals surface area contributed by atoms with Gasteiger partial charge in [0.25, 0.3) is 5.56 Å². The Morgan fingerprint density at radius 2 is 1.95 bits per heavy atom. The number of nitrogens with one attached hydrogen (secondary N) is 1. The largest absolute Gasteiger partial charge is 0.352 e. The SMILES string of the molecule is O=C(Cn1cnc(Cl)c(Cl)c1=O)NC1CCCCCC1. The third-order valence-corrected chi connectivity index (χ3v) is 4.20. The lowest BCUT2D eigenvalue weighted by Crippen LogP contribution is -2.38. The molecule has 1 saturated carbocycles. The zero-order chi connectivity index (χ0) is 14.5. The summed E-state index contributed by atoms with van der Waals surface area (Å²) in [6.07, 6.45) is 7.97. The highest BCUT2D eigenvalue weighted by molar-refractivity contribution is 6.40. The van der Waals surface area contributed by atoms with Crippen molar-refractivity contribution in [2.24, 2.45) is 0 Å². The first kappa shape index (κ1) is 15.3. The molecular weight excluding hydrogens is 301 g/mol. The van der Waals surface area contributed by atoms with Crippen LogP contribution in [0.4, 0.5) is 0 Å². The second-order valence-corrected chi connectivity index (χ2v) is 5.77. The van der Waals surface area contributed by atoms with Crippen molar-refractivity contribution in [2.45, 2.75) is 51.1 Å². The summed E-state index contributed by atoms with van der Waals surface area (Å²) in [6.45, 7) is -0.0841. The third-order valence-electron chi connectivity index (χ3n) is 3.47. The summed E-state index contributed by atoms with van der Waals surface area (Å²) in [4.78, 5) is 27.5. The van der Waals surface area contributed by atoms with Gasteiger partial charge in [-0.25, -0.2) is 4.98 Å². The van der Waals surface area contributed by atoms with Crippen LogP contribution in [-0.4, -0.2) is 21.5 Å². The molecule has 1 aliphatic carbocycles. The van der Waals surface area contributed by atoms with Gasteiger partial charge in [-0.05, 0) is 12.8 Å². The van der Waals surface area contributed by atoms with Gasteiger partial charge < -0.3 is 5.32 Å². The number of carbonyl (C=O) groups excluding carboxylic acids is 1. The van der Waals surface area contributed by atoms with Gasteiger partial charge in [-0.2, -0.15) is 0 Å². The molecule has 5 nitrogen and oxygen atoms in total. The lowest BCUT2D eigenvalue weighted by Gasteiger charge is -2.16. The lowest BCUT2D eigenvalue weighted by atomic mass is 10.1. The first-order valence-corrected chi connectivity index (χ1v) is 7.53. The molecule has 1 fully saturated rings. The molecule has 1 aromatic heterocycles. The maximum Gasteiger partial charge on any atom is 0.274 e. The Kier molecular flexibility index (Phi) is 5.43.